The van der Waals surface area contributed by atoms with Gasteiger partial charge >= 0.3 is 11.9 Å². The highest BCUT2D eigenvalue weighted by Crippen LogP contribution is 2.29. The van der Waals surface area contributed by atoms with Crippen LogP contribution in [0.3, 0.4) is 0 Å². The Hall–Kier alpha value is -2.70. The third kappa shape index (κ3) is 7.17. The molecule has 0 amide bonds. The van der Waals surface area contributed by atoms with Gasteiger partial charge in [-0.15, -0.1) is 0 Å². The predicted octanol–water partition coefficient (Wildman–Crippen LogP) is 7.86. The van der Waals surface area contributed by atoms with Gasteiger partial charge in [0.2, 0.25) is 0 Å². The molecule has 190 valence electrons. The zero-order valence-corrected chi connectivity index (χ0v) is 23.5. The van der Waals surface area contributed by atoms with Crippen molar-refractivity contribution in [2.24, 2.45) is 0 Å². The summed E-state index contributed by atoms with van der Waals surface area (Å²) in [6.07, 6.45) is 0. The van der Waals surface area contributed by atoms with Gasteiger partial charge in [-0.25, -0.2) is 9.59 Å². The smallest absolute Gasteiger partial charge is 0.343 e. The van der Waals surface area contributed by atoms with Crippen LogP contribution in [0.15, 0.2) is 48.5 Å². The highest BCUT2D eigenvalue weighted by molar-refractivity contribution is 7.98. The average molecular weight is 523 g/mol. The van der Waals surface area contributed by atoms with E-state index >= 15 is 0 Å². The first-order chi connectivity index (χ1) is 17.2. The SMILES string of the molecule is CCSCc1cc(C)c(OC(=O)c2ccc(C(=O)Oc3c(C)cc(CSCC)cc3C)cc2)c(C)c1. The van der Waals surface area contributed by atoms with Crippen LogP contribution in [-0.2, 0) is 11.5 Å². The predicted molar refractivity (Wildman–Crippen MR) is 152 cm³/mol. The van der Waals surface area contributed by atoms with E-state index in [1.165, 1.54) is 11.1 Å². The molecular formula is C30H34O4S2. The summed E-state index contributed by atoms with van der Waals surface area (Å²) in [5, 5.41) is 0. The van der Waals surface area contributed by atoms with E-state index in [-0.39, 0.29) is 0 Å². The van der Waals surface area contributed by atoms with Crippen molar-refractivity contribution in [3.8, 4) is 11.5 Å². The monoisotopic (exact) mass is 522 g/mol. The van der Waals surface area contributed by atoms with E-state index in [0.717, 1.165) is 45.3 Å². The second kappa shape index (κ2) is 13.0. The summed E-state index contributed by atoms with van der Waals surface area (Å²) < 4.78 is 11.4. The van der Waals surface area contributed by atoms with Crippen LogP contribution >= 0.6 is 23.5 Å². The van der Waals surface area contributed by atoms with Crippen molar-refractivity contribution in [2.45, 2.75) is 53.0 Å². The number of hydrogen-bond acceptors (Lipinski definition) is 6. The summed E-state index contributed by atoms with van der Waals surface area (Å²) >= 11 is 3.72. The fourth-order valence-corrected chi connectivity index (χ4v) is 5.27. The van der Waals surface area contributed by atoms with Gasteiger partial charge in [0.25, 0.3) is 0 Å². The Morgan fingerprint density at radius 2 is 0.917 bits per heavy atom. The van der Waals surface area contributed by atoms with Gasteiger partial charge in [-0.05, 0) is 96.8 Å². The van der Waals surface area contributed by atoms with Crippen molar-refractivity contribution in [2.75, 3.05) is 11.5 Å². The van der Waals surface area contributed by atoms with Gasteiger partial charge in [-0.3, -0.25) is 0 Å². The second-order valence-corrected chi connectivity index (χ2v) is 11.3. The molecule has 0 unspecified atom stereocenters. The Morgan fingerprint density at radius 3 is 1.19 bits per heavy atom. The summed E-state index contributed by atoms with van der Waals surface area (Å²) in [5.74, 6) is 4.24. The Balaban J connectivity index is 1.69. The minimum atomic E-state index is -0.455. The molecular weight excluding hydrogens is 488 g/mol. The van der Waals surface area contributed by atoms with E-state index in [2.05, 4.69) is 38.1 Å². The molecule has 3 aromatic carbocycles. The van der Waals surface area contributed by atoms with Crippen molar-refractivity contribution < 1.29 is 19.1 Å². The number of hydrogen-bond donors (Lipinski definition) is 0. The van der Waals surface area contributed by atoms with Crippen LogP contribution in [0, 0.1) is 27.7 Å². The molecule has 0 atom stereocenters. The lowest BCUT2D eigenvalue weighted by atomic mass is 10.1. The average Bonchev–Trinajstić information content (AvgIpc) is 2.85. The van der Waals surface area contributed by atoms with E-state index < -0.39 is 11.9 Å². The minimum absolute atomic E-state index is 0.376. The Morgan fingerprint density at radius 1 is 0.611 bits per heavy atom. The second-order valence-electron chi connectivity index (χ2n) is 8.75. The molecule has 36 heavy (non-hydrogen) atoms. The number of aryl methyl sites for hydroxylation is 4. The maximum Gasteiger partial charge on any atom is 0.343 e. The molecule has 0 fully saturated rings. The Kier molecular flexibility index (Phi) is 10.1. The Labute approximate surface area is 223 Å². The van der Waals surface area contributed by atoms with E-state index in [0.29, 0.717) is 22.6 Å². The molecule has 0 heterocycles. The van der Waals surface area contributed by atoms with Gasteiger partial charge in [0.1, 0.15) is 11.5 Å². The topological polar surface area (TPSA) is 52.6 Å². The molecule has 0 aliphatic rings. The fraction of sp³-hybridized carbons (Fsp3) is 0.333. The summed E-state index contributed by atoms with van der Waals surface area (Å²) in [5.41, 5.74) is 6.92. The lowest BCUT2D eigenvalue weighted by molar-refractivity contribution is 0.0718. The van der Waals surface area contributed by atoms with Gasteiger partial charge in [0.05, 0.1) is 11.1 Å². The lowest BCUT2D eigenvalue weighted by Gasteiger charge is -2.14. The standard InChI is InChI=1S/C30H34O4S2/c1-7-35-17-23-13-19(3)27(20(4)14-23)33-29(31)25-9-11-26(12-10-25)30(32)34-28-21(5)15-24(16-22(28)6)18-36-8-2/h9-16H,7-8,17-18H2,1-6H3. The van der Waals surface area contributed by atoms with Crippen LogP contribution in [0.25, 0.3) is 0 Å². The number of benzene rings is 3. The first kappa shape index (κ1) is 27.9. The molecule has 6 heteroatoms. The number of thioether (sulfide) groups is 2. The van der Waals surface area contributed by atoms with Gasteiger partial charge in [-0.1, -0.05) is 38.1 Å². The molecule has 0 N–H and O–H groups in total. The van der Waals surface area contributed by atoms with Crippen molar-refractivity contribution >= 4 is 35.5 Å². The maximum atomic E-state index is 12.8. The zero-order valence-electron chi connectivity index (χ0n) is 21.9. The summed E-state index contributed by atoms with van der Waals surface area (Å²) in [6.45, 7) is 12.1. The van der Waals surface area contributed by atoms with Gasteiger partial charge in [-0.2, -0.15) is 23.5 Å². The molecule has 3 rings (SSSR count). The fourth-order valence-electron chi connectivity index (χ4n) is 4.05. The molecule has 0 aliphatic heterocycles. The molecule has 3 aromatic rings. The first-order valence-electron chi connectivity index (χ1n) is 12.1. The normalized spacial score (nSPS) is 10.8. The van der Waals surface area contributed by atoms with Crippen LogP contribution in [-0.4, -0.2) is 23.4 Å². The van der Waals surface area contributed by atoms with E-state index in [4.69, 9.17) is 9.47 Å². The zero-order chi connectivity index (χ0) is 26.2. The van der Waals surface area contributed by atoms with Crippen LogP contribution in [0.1, 0.15) is 67.9 Å². The number of esters is 2. The van der Waals surface area contributed by atoms with Crippen molar-refractivity contribution in [1.29, 1.82) is 0 Å². The number of carbonyl (C=O) groups excluding carboxylic acids is 2. The molecule has 0 aliphatic carbocycles. The molecule has 0 saturated heterocycles. The van der Waals surface area contributed by atoms with Crippen molar-refractivity contribution in [1.82, 2.24) is 0 Å². The van der Waals surface area contributed by atoms with E-state index in [1.54, 1.807) is 24.3 Å². The van der Waals surface area contributed by atoms with Crippen molar-refractivity contribution in [3.05, 3.63) is 93.0 Å². The quantitative estimate of drug-likeness (QED) is 0.199. The largest absolute Gasteiger partial charge is 0.422 e. The molecule has 0 spiro atoms. The van der Waals surface area contributed by atoms with Gasteiger partial charge in [0.15, 0.2) is 0 Å². The van der Waals surface area contributed by atoms with Crippen LogP contribution < -0.4 is 9.47 Å². The Bertz CT molecular complexity index is 1090. The van der Waals surface area contributed by atoms with Crippen LogP contribution in [0.4, 0.5) is 0 Å². The summed E-state index contributed by atoms with van der Waals surface area (Å²) in [6, 6.07) is 14.7. The number of ether oxygens (including phenoxy) is 2. The molecule has 0 saturated carbocycles. The summed E-state index contributed by atoms with van der Waals surface area (Å²) in [7, 11) is 0. The van der Waals surface area contributed by atoms with Gasteiger partial charge in [0, 0.05) is 11.5 Å². The number of carbonyl (C=O) groups is 2. The molecule has 4 nitrogen and oxygen atoms in total. The van der Waals surface area contributed by atoms with E-state index in [9.17, 15) is 9.59 Å². The highest BCUT2D eigenvalue weighted by Gasteiger charge is 2.17. The molecule has 0 bridgehead atoms. The highest BCUT2D eigenvalue weighted by atomic mass is 32.2. The third-order valence-electron chi connectivity index (χ3n) is 5.73. The van der Waals surface area contributed by atoms with Gasteiger partial charge < -0.3 is 9.47 Å². The summed E-state index contributed by atoms with van der Waals surface area (Å²) in [4.78, 5) is 25.6. The van der Waals surface area contributed by atoms with Crippen LogP contribution in [0.2, 0.25) is 0 Å². The number of rotatable bonds is 10. The lowest BCUT2D eigenvalue weighted by Crippen LogP contribution is -2.13. The minimum Gasteiger partial charge on any atom is -0.422 e. The molecule has 0 aromatic heterocycles. The third-order valence-corrected chi connectivity index (χ3v) is 7.62. The van der Waals surface area contributed by atoms with Crippen molar-refractivity contribution in [3.63, 3.8) is 0 Å². The molecule has 0 radical (unpaired) electrons. The first-order valence-corrected chi connectivity index (χ1v) is 14.4. The van der Waals surface area contributed by atoms with Crippen LogP contribution in [0.5, 0.6) is 11.5 Å². The maximum absolute atomic E-state index is 12.8. The van der Waals surface area contributed by atoms with E-state index in [1.807, 2.05) is 51.2 Å².